The third-order valence-corrected chi connectivity index (χ3v) is 6.28. The molecular weight excluding hydrogens is 442 g/mol. The molecule has 1 aromatic heterocycles. The van der Waals surface area contributed by atoms with E-state index in [9.17, 15) is 9.59 Å². The summed E-state index contributed by atoms with van der Waals surface area (Å²) in [4.78, 5) is 29.3. The van der Waals surface area contributed by atoms with E-state index in [-0.39, 0.29) is 29.7 Å². The molecule has 0 saturated carbocycles. The normalized spacial score (nSPS) is 19.0. The quantitative estimate of drug-likeness (QED) is 0.380. The van der Waals surface area contributed by atoms with Gasteiger partial charge in [0.25, 0.3) is 5.91 Å². The van der Waals surface area contributed by atoms with Crippen LogP contribution in [-0.2, 0) is 16.1 Å². The predicted molar refractivity (Wildman–Crippen MR) is 134 cm³/mol. The molecule has 4 rings (SSSR count). The number of hydrogen-bond donors (Lipinski definition) is 1. The number of ether oxygens (including phenoxy) is 1. The van der Waals surface area contributed by atoms with Crippen molar-refractivity contribution < 1.29 is 14.3 Å². The Labute approximate surface area is 206 Å². The van der Waals surface area contributed by atoms with Gasteiger partial charge >= 0.3 is 0 Å². The standard InChI is InChI=1S/C27H31N5O3/c1-19(2)32-27(34)23-8-5-4-7-22(23)26(30-32)21-9-11-24(35-3)20(17-21)10-12-25(33)29-13-6-15-31-16-14-28-18-31/h4-5,9,11,14,16-19,22-23H,6-8,13,15H2,1-3H3,(H,29,33)/t22-,23+/m0/s1. The molecule has 2 aromatic rings. The van der Waals surface area contributed by atoms with E-state index in [2.05, 4.69) is 34.3 Å². The van der Waals surface area contributed by atoms with Gasteiger partial charge in [0.1, 0.15) is 5.75 Å². The molecule has 0 radical (unpaired) electrons. The molecule has 0 spiro atoms. The van der Waals surface area contributed by atoms with E-state index < -0.39 is 0 Å². The molecule has 2 aliphatic rings. The number of rotatable bonds is 7. The first-order chi connectivity index (χ1) is 17.0. The number of aromatic nitrogens is 2. The number of amides is 2. The summed E-state index contributed by atoms with van der Waals surface area (Å²) >= 11 is 0. The maximum atomic E-state index is 13.0. The number of fused-ring (bicyclic) bond motifs is 1. The number of aryl methyl sites for hydroxylation is 1. The molecule has 1 aromatic carbocycles. The third-order valence-electron chi connectivity index (χ3n) is 6.28. The minimum Gasteiger partial charge on any atom is -0.495 e. The molecule has 0 unspecified atom stereocenters. The molecule has 2 heterocycles. The lowest BCUT2D eigenvalue weighted by Gasteiger charge is -2.38. The van der Waals surface area contributed by atoms with Crippen LogP contribution in [0, 0.1) is 23.7 Å². The maximum Gasteiger partial charge on any atom is 0.296 e. The van der Waals surface area contributed by atoms with Crippen LogP contribution in [0.3, 0.4) is 0 Å². The van der Waals surface area contributed by atoms with Crippen molar-refractivity contribution in [2.75, 3.05) is 13.7 Å². The summed E-state index contributed by atoms with van der Waals surface area (Å²) in [6.07, 6.45) is 11.8. The van der Waals surface area contributed by atoms with Crippen LogP contribution in [0.25, 0.3) is 0 Å². The summed E-state index contributed by atoms with van der Waals surface area (Å²) < 4.78 is 7.45. The summed E-state index contributed by atoms with van der Waals surface area (Å²) in [7, 11) is 1.58. The topological polar surface area (TPSA) is 88.8 Å². The molecular formula is C27H31N5O3. The number of imidazole rings is 1. The van der Waals surface area contributed by atoms with Gasteiger partial charge in [-0.05, 0) is 56.9 Å². The van der Waals surface area contributed by atoms with Crippen LogP contribution in [0.1, 0.15) is 44.2 Å². The van der Waals surface area contributed by atoms with Crippen molar-refractivity contribution in [1.29, 1.82) is 0 Å². The first-order valence-electron chi connectivity index (χ1n) is 12.0. The molecule has 8 nitrogen and oxygen atoms in total. The maximum absolute atomic E-state index is 13.0. The van der Waals surface area contributed by atoms with Crippen molar-refractivity contribution in [3.63, 3.8) is 0 Å². The molecule has 1 aliphatic heterocycles. The zero-order valence-corrected chi connectivity index (χ0v) is 20.4. The van der Waals surface area contributed by atoms with E-state index in [4.69, 9.17) is 9.84 Å². The van der Waals surface area contributed by atoms with E-state index in [0.29, 0.717) is 17.9 Å². The van der Waals surface area contributed by atoms with Crippen LogP contribution < -0.4 is 10.1 Å². The lowest BCUT2D eigenvalue weighted by molar-refractivity contribution is -0.139. The summed E-state index contributed by atoms with van der Waals surface area (Å²) in [5, 5.41) is 9.20. The Bertz CT molecular complexity index is 1190. The zero-order valence-electron chi connectivity index (χ0n) is 20.4. The van der Waals surface area contributed by atoms with Gasteiger partial charge in [-0.1, -0.05) is 18.1 Å². The smallest absolute Gasteiger partial charge is 0.296 e. The van der Waals surface area contributed by atoms with Gasteiger partial charge in [0.15, 0.2) is 0 Å². The lowest BCUT2D eigenvalue weighted by Crippen LogP contribution is -2.47. The van der Waals surface area contributed by atoms with Crippen molar-refractivity contribution in [3.05, 3.63) is 60.2 Å². The van der Waals surface area contributed by atoms with E-state index in [1.54, 1.807) is 24.6 Å². The number of carbonyl (C=O) groups is 2. The highest BCUT2D eigenvalue weighted by Gasteiger charge is 2.40. The molecule has 2 amide bonds. The molecule has 8 heteroatoms. The third kappa shape index (κ3) is 5.62. The lowest BCUT2D eigenvalue weighted by atomic mass is 9.76. The summed E-state index contributed by atoms with van der Waals surface area (Å²) in [6, 6.07) is 5.66. The predicted octanol–water partition coefficient (Wildman–Crippen LogP) is 2.99. The molecule has 0 bridgehead atoms. The Kier molecular flexibility index (Phi) is 7.66. The van der Waals surface area contributed by atoms with Gasteiger partial charge in [-0.15, -0.1) is 0 Å². The Balaban J connectivity index is 1.52. The molecule has 182 valence electrons. The van der Waals surface area contributed by atoms with Crippen LogP contribution in [0.5, 0.6) is 5.75 Å². The highest BCUT2D eigenvalue weighted by atomic mass is 16.5. The van der Waals surface area contributed by atoms with Crippen molar-refractivity contribution in [3.8, 4) is 17.6 Å². The number of nitrogens with zero attached hydrogens (tertiary/aromatic N) is 4. The Morgan fingerprint density at radius 3 is 2.77 bits per heavy atom. The number of allylic oxidation sites excluding steroid dienone is 2. The van der Waals surface area contributed by atoms with Crippen LogP contribution in [0.2, 0.25) is 0 Å². The van der Waals surface area contributed by atoms with E-state index in [1.807, 2.05) is 42.8 Å². The Morgan fingerprint density at radius 1 is 1.26 bits per heavy atom. The largest absolute Gasteiger partial charge is 0.495 e. The second kappa shape index (κ2) is 11.0. The van der Waals surface area contributed by atoms with Crippen molar-refractivity contribution >= 4 is 17.5 Å². The van der Waals surface area contributed by atoms with E-state index in [0.717, 1.165) is 37.1 Å². The molecule has 0 fully saturated rings. The van der Waals surface area contributed by atoms with Crippen LogP contribution in [-0.4, -0.2) is 51.8 Å². The van der Waals surface area contributed by atoms with Gasteiger partial charge in [-0.2, -0.15) is 5.10 Å². The molecule has 1 aliphatic carbocycles. The summed E-state index contributed by atoms with van der Waals surface area (Å²) in [5.41, 5.74) is 2.37. The van der Waals surface area contributed by atoms with Gasteiger partial charge in [0.2, 0.25) is 5.91 Å². The molecule has 1 N–H and O–H groups in total. The molecule has 0 saturated heterocycles. The van der Waals surface area contributed by atoms with Gasteiger partial charge in [0, 0.05) is 43.4 Å². The average Bonchev–Trinajstić information content (AvgIpc) is 3.39. The minimum atomic E-state index is -0.341. The van der Waals surface area contributed by atoms with Gasteiger partial charge < -0.3 is 14.6 Å². The van der Waals surface area contributed by atoms with Crippen LogP contribution >= 0.6 is 0 Å². The van der Waals surface area contributed by atoms with Crippen molar-refractivity contribution in [2.24, 2.45) is 16.9 Å². The Morgan fingerprint density at radius 2 is 2.06 bits per heavy atom. The number of carbonyl (C=O) groups excluding carboxylic acids is 2. The van der Waals surface area contributed by atoms with Gasteiger partial charge in [-0.3, -0.25) is 9.59 Å². The molecule has 35 heavy (non-hydrogen) atoms. The summed E-state index contributed by atoms with van der Waals surface area (Å²) in [6.45, 7) is 5.24. The van der Waals surface area contributed by atoms with E-state index in [1.165, 1.54) is 0 Å². The zero-order chi connectivity index (χ0) is 24.8. The number of nitrogens with one attached hydrogen (secondary N) is 1. The monoisotopic (exact) mass is 473 g/mol. The van der Waals surface area contributed by atoms with Crippen molar-refractivity contribution in [2.45, 2.75) is 45.7 Å². The number of hydrogen-bond acceptors (Lipinski definition) is 5. The highest BCUT2D eigenvalue weighted by molar-refractivity contribution is 6.07. The number of benzene rings is 1. The minimum absolute atomic E-state index is 0.0236. The van der Waals surface area contributed by atoms with Crippen LogP contribution in [0.4, 0.5) is 0 Å². The van der Waals surface area contributed by atoms with Gasteiger partial charge in [-0.25, -0.2) is 9.99 Å². The van der Waals surface area contributed by atoms with Crippen LogP contribution in [0.15, 0.2) is 54.2 Å². The molecule has 2 atom stereocenters. The van der Waals surface area contributed by atoms with Crippen molar-refractivity contribution in [1.82, 2.24) is 19.9 Å². The fraction of sp³-hybridized carbons (Fsp3) is 0.407. The van der Waals surface area contributed by atoms with E-state index >= 15 is 0 Å². The second-order valence-corrected chi connectivity index (χ2v) is 8.99. The SMILES string of the molecule is COc1ccc(C2=NN(C(C)C)C(=O)[C@@H]3CC=CC[C@H]23)cc1C#CC(=O)NCCCn1ccnc1. The van der Waals surface area contributed by atoms with Gasteiger partial charge in [0.05, 0.1) is 30.6 Å². The Hall–Kier alpha value is -3.86. The average molecular weight is 474 g/mol. The number of methoxy groups -OCH3 is 1. The summed E-state index contributed by atoms with van der Waals surface area (Å²) in [5.74, 6) is 5.87. The first-order valence-corrected chi connectivity index (χ1v) is 12.0. The number of hydrazone groups is 1. The fourth-order valence-electron chi connectivity index (χ4n) is 4.46. The fourth-order valence-corrected chi connectivity index (χ4v) is 4.46. The second-order valence-electron chi connectivity index (χ2n) is 8.99. The highest BCUT2D eigenvalue weighted by Crippen LogP contribution is 2.36. The first kappa shape index (κ1) is 24.3.